The van der Waals surface area contributed by atoms with Crippen LogP contribution in [0, 0.1) is 11.3 Å². The summed E-state index contributed by atoms with van der Waals surface area (Å²) in [6.07, 6.45) is -0.198. The maximum absolute atomic E-state index is 9.78. The van der Waals surface area contributed by atoms with E-state index in [2.05, 4.69) is 0 Å². The molecule has 0 aromatic heterocycles. The van der Waals surface area contributed by atoms with Gasteiger partial charge in [0.1, 0.15) is 17.8 Å². The van der Waals surface area contributed by atoms with E-state index < -0.39 is 17.8 Å². The predicted molar refractivity (Wildman–Crippen MR) is 39.0 cm³/mol. The molecule has 1 aliphatic carbocycles. The Bertz CT molecular complexity index is 291. The second-order valence-electron chi connectivity index (χ2n) is 3.25. The molecule has 2 rings (SSSR count). The van der Waals surface area contributed by atoms with Crippen molar-refractivity contribution in [1.29, 1.82) is 5.26 Å². The van der Waals surface area contributed by atoms with Crippen molar-refractivity contribution in [3.63, 3.8) is 0 Å². The fraction of sp³-hybridized carbons (Fsp3) is 0.625. The van der Waals surface area contributed by atoms with Gasteiger partial charge < -0.3 is 14.9 Å². The Morgan fingerprint density at radius 3 is 2.83 bits per heavy atom. The largest absolute Gasteiger partial charge is 0.390 e. The van der Waals surface area contributed by atoms with Gasteiger partial charge in [0.2, 0.25) is 0 Å². The first-order chi connectivity index (χ1) is 5.59. The molecule has 0 spiro atoms. The number of epoxide rings is 1. The fourth-order valence-electron chi connectivity index (χ4n) is 1.57. The minimum atomic E-state index is -1.35. The van der Waals surface area contributed by atoms with Crippen molar-refractivity contribution in [1.82, 2.24) is 0 Å². The highest BCUT2D eigenvalue weighted by molar-refractivity contribution is 5.43. The molecule has 4 heteroatoms. The number of nitriles is 1. The van der Waals surface area contributed by atoms with Crippen molar-refractivity contribution >= 4 is 0 Å². The summed E-state index contributed by atoms with van der Waals surface area (Å²) in [5.74, 6) is 0. The lowest BCUT2D eigenvalue weighted by atomic mass is 9.97. The highest BCUT2D eigenvalue weighted by Crippen LogP contribution is 2.46. The summed E-state index contributed by atoms with van der Waals surface area (Å²) in [7, 11) is 0. The van der Waals surface area contributed by atoms with Gasteiger partial charge in [0, 0.05) is 0 Å². The van der Waals surface area contributed by atoms with E-state index in [1.807, 2.05) is 6.07 Å². The average molecular weight is 167 g/mol. The first-order valence-corrected chi connectivity index (χ1v) is 3.78. The second-order valence-corrected chi connectivity index (χ2v) is 3.25. The van der Waals surface area contributed by atoms with Crippen LogP contribution in [0.5, 0.6) is 0 Å². The van der Waals surface area contributed by atoms with E-state index >= 15 is 0 Å². The van der Waals surface area contributed by atoms with Crippen LogP contribution >= 0.6 is 0 Å². The van der Waals surface area contributed by atoms with E-state index in [1.165, 1.54) is 13.0 Å². The highest BCUT2D eigenvalue weighted by Gasteiger charge is 2.62. The molecule has 12 heavy (non-hydrogen) atoms. The average Bonchev–Trinajstić information content (AvgIpc) is 2.74. The Morgan fingerprint density at radius 1 is 1.83 bits per heavy atom. The number of hydrogen-bond acceptors (Lipinski definition) is 4. The predicted octanol–water partition coefficient (Wildman–Crippen LogP) is -0.671. The number of rotatable bonds is 1. The molecular formula is C8H9NO3. The standard InChI is InChI=1S/C8H9NO3/c1-4(10)8(11)2-5(3-9)6-7(8)12-6/h2,4,6-7,10-11H,1H3/t4-,6+,7+,8+/m0/s1. The third kappa shape index (κ3) is 0.758. The van der Waals surface area contributed by atoms with Gasteiger partial charge in [-0.25, -0.2) is 0 Å². The van der Waals surface area contributed by atoms with Gasteiger partial charge in [0.15, 0.2) is 0 Å². The highest BCUT2D eigenvalue weighted by atomic mass is 16.6. The second kappa shape index (κ2) is 2.07. The first kappa shape index (κ1) is 7.74. The third-order valence-electron chi connectivity index (χ3n) is 2.44. The summed E-state index contributed by atoms with van der Waals surface area (Å²) in [4.78, 5) is 0. The van der Waals surface area contributed by atoms with E-state index in [4.69, 9.17) is 10.00 Å². The van der Waals surface area contributed by atoms with Crippen LogP contribution in [0.2, 0.25) is 0 Å². The van der Waals surface area contributed by atoms with Gasteiger partial charge in [0.25, 0.3) is 0 Å². The molecule has 4 atom stereocenters. The smallest absolute Gasteiger partial charge is 0.139 e. The van der Waals surface area contributed by atoms with Gasteiger partial charge in [0.05, 0.1) is 17.7 Å². The zero-order chi connectivity index (χ0) is 8.93. The monoisotopic (exact) mass is 167 g/mol. The topological polar surface area (TPSA) is 76.8 Å². The number of nitrogens with zero attached hydrogens (tertiary/aromatic N) is 1. The molecule has 0 unspecified atom stereocenters. The molecule has 1 aliphatic heterocycles. The Balaban J connectivity index is 2.32. The van der Waals surface area contributed by atoms with Gasteiger partial charge in [-0.15, -0.1) is 0 Å². The molecule has 0 bridgehead atoms. The minimum Gasteiger partial charge on any atom is -0.390 e. The number of aliphatic hydroxyl groups is 2. The molecule has 1 saturated heterocycles. The third-order valence-corrected chi connectivity index (χ3v) is 2.44. The van der Waals surface area contributed by atoms with Crippen molar-refractivity contribution < 1.29 is 14.9 Å². The normalized spacial score (nSPS) is 46.0. The maximum Gasteiger partial charge on any atom is 0.139 e. The first-order valence-electron chi connectivity index (χ1n) is 3.78. The summed E-state index contributed by atoms with van der Waals surface area (Å²) in [5.41, 5.74) is -0.932. The quantitative estimate of drug-likeness (QED) is 0.508. The molecule has 64 valence electrons. The number of ether oxygens (including phenoxy) is 1. The van der Waals surface area contributed by atoms with Crippen molar-refractivity contribution in [2.24, 2.45) is 0 Å². The molecule has 0 saturated carbocycles. The zero-order valence-corrected chi connectivity index (χ0v) is 6.56. The number of aliphatic hydroxyl groups excluding tert-OH is 1. The Morgan fingerprint density at radius 2 is 2.50 bits per heavy atom. The zero-order valence-electron chi connectivity index (χ0n) is 6.56. The Labute approximate surface area is 69.7 Å². The van der Waals surface area contributed by atoms with Crippen LogP contribution in [0.25, 0.3) is 0 Å². The van der Waals surface area contributed by atoms with Crippen molar-refractivity contribution in [2.45, 2.75) is 30.8 Å². The van der Waals surface area contributed by atoms with Crippen LogP contribution in [-0.4, -0.2) is 34.1 Å². The van der Waals surface area contributed by atoms with Crippen molar-refractivity contribution in [3.8, 4) is 6.07 Å². The van der Waals surface area contributed by atoms with Crippen LogP contribution < -0.4 is 0 Å². The summed E-state index contributed by atoms with van der Waals surface area (Å²) in [6, 6.07) is 1.93. The lowest BCUT2D eigenvalue weighted by Crippen LogP contribution is -2.42. The lowest BCUT2D eigenvalue weighted by Gasteiger charge is -2.23. The van der Waals surface area contributed by atoms with E-state index in [-0.39, 0.29) is 6.10 Å². The Kier molecular flexibility index (Phi) is 1.34. The molecule has 2 aliphatic rings. The van der Waals surface area contributed by atoms with Gasteiger partial charge in [-0.1, -0.05) is 0 Å². The van der Waals surface area contributed by atoms with E-state index in [9.17, 15) is 10.2 Å². The molecule has 2 N–H and O–H groups in total. The van der Waals surface area contributed by atoms with E-state index in [1.54, 1.807) is 0 Å². The van der Waals surface area contributed by atoms with Gasteiger partial charge >= 0.3 is 0 Å². The van der Waals surface area contributed by atoms with Crippen LogP contribution in [0.1, 0.15) is 6.92 Å². The van der Waals surface area contributed by atoms with Crippen LogP contribution in [0.4, 0.5) is 0 Å². The van der Waals surface area contributed by atoms with Crippen molar-refractivity contribution in [3.05, 3.63) is 11.6 Å². The summed E-state index contributed by atoms with van der Waals surface area (Å²) < 4.78 is 5.03. The summed E-state index contributed by atoms with van der Waals surface area (Å²) >= 11 is 0. The SMILES string of the molecule is C[C@H](O)[C@]1(O)C=C(C#N)[C@H]2O[C@H]21. The molecule has 0 radical (unpaired) electrons. The lowest BCUT2D eigenvalue weighted by molar-refractivity contribution is -0.0461. The van der Waals surface area contributed by atoms with Gasteiger partial charge in [-0.2, -0.15) is 5.26 Å². The van der Waals surface area contributed by atoms with E-state index in [0.717, 1.165) is 0 Å². The summed E-state index contributed by atoms with van der Waals surface area (Å²) in [5, 5.41) is 27.6. The molecule has 0 aromatic carbocycles. The number of fused-ring (bicyclic) bond motifs is 1. The fourth-order valence-corrected chi connectivity index (χ4v) is 1.57. The van der Waals surface area contributed by atoms with E-state index in [0.29, 0.717) is 5.57 Å². The van der Waals surface area contributed by atoms with Crippen molar-refractivity contribution in [2.75, 3.05) is 0 Å². The van der Waals surface area contributed by atoms with Crippen LogP contribution in [0.15, 0.2) is 11.6 Å². The minimum absolute atomic E-state index is 0.283. The maximum atomic E-state index is 9.78. The van der Waals surface area contributed by atoms with Gasteiger partial charge in [-0.05, 0) is 13.0 Å². The molecule has 1 heterocycles. The molecule has 0 aromatic rings. The molecule has 1 fully saturated rings. The molecule has 4 nitrogen and oxygen atoms in total. The summed E-state index contributed by atoms with van der Waals surface area (Å²) in [6.45, 7) is 1.48. The van der Waals surface area contributed by atoms with Gasteiger partial charge in [-0.3, -0.25) is 0 Å². The van der Waals surface area contributed by atoms with Crippen LogP contribution in [0.3, 0.4) is 0 Å². The van der Waals surface area contributed by atoms with Crippen LogP contribution in [-0.2, 0) is 4.74 Å². The number of hydrogen-bond donors (Lipinski definition) is 2. The Hall–Kier alpha value is -0.890. The molecule has 0 amide bonds. The molecular weight excluding hydrogens is 158 g/mol.